The SMILES string of the molecule is CC(O)(CNc1cc(C(=O)NC2CC2)c2ccccc2n1)C(=O)O. The van der Waals surface area contributed by atoms with Crippen LogP contribution in [0.5, 0.6) is 0 Å². The molecule has 1 aromatic carbocycles. The number of carboxylic acids is 1. The van der Waals surface area contributed by atoms with E-state index in [-0.39, 0.29) is 18.5 Å². The van der Waals surface area contributed by atoms with Gasteiger partial charge in [0, 0.05) is 11.4 Å². The number of carbonyl (C=O) groups is 2. The van der Waals surface area contributed by atoms with Gasteiger partial charge in [0.2, 0.25) is 0 Å². The molecule has 7 nitrogen and oxygen atoms in total. The van der Waals surface area contributed by atoms with E-state index in [0.717, 1.165) is 18.2 Å². The second-order valence-electron chi connectivity index (χ2n) is 6.25. The number of hydrogen-bond donors (Lipinski definition) is 4. The van der Waals surface area contributed by atoms with Crippen molar-refractivity contribution in [3.63, 3.8) is 0 Å². The fourth-order valence-electron chi connectivity index (χ4n) is 2.28. The summed E-state index contributed by atoms with van der Waals surface area (Å²) in [7, 11) is 0. The number of aliphatic carboxylic acids is 1. The normalized spacial score (nSPS) is 16.4. The third-order valence-corrected chi connectivity index (χ3v) is 3.95. The van der Waals surface area contributed by atoms with Gasteiger partial charge in [0.1, 0.15) is 5.82 Å². The van der Waals surface area contributed by atoms with Gasteiger partial charge in [-0.05, 0) is 31.9 Å². The van der Waals surface area contributed by atoms with Crippen molar-refractivity contribution in [3.8, 4) is 0 Å². The maximum atomic E-state index is 12.5. The molecule has 3 rings (SSSR count). The molecule has 7 heteroatoms. The van der Waals surface area contributed by atoms with Crippen molar-refractivity contribution in [2.75, 3.05) is 11.9 Å². The van der Waals surface area contributed by atoms with Crippen LogP contribution in [0, 0.1) is 0 Å². The average molecular weight is 329 g/mol. The Hall–Kier alpha value is -2.67. The predicted octanol–water partition coefficient (Wildman–Crippen LogP) is 1.37. The highest BCUT2D eigenvalue weighted by molar-refractivity contribution is 6.07. The topological polar surface area (TPSA) is 112 Å². The molecule has 1 heterocycles. The number of pyridine rings is 1. The number of anilines is 1. The van der Waals surface area contributed by atoms with Crippen LogP contribution in [-0.2, 0) is 4.79 Å². The summed E-state index contributed by atoms with van der Waals surface area (Å²) in [6.07, 6.45) is 1.97. The van der Waals surface area contributed by atoms with Crippen LogP contribution in [0.3, 0.4) is 0 Å². The highest BCUT2D eigenvalue weighted by atomic mass is 16.4. The van der Waals surface area contributed by atoms with Gasteiger partial charge >= 0.3 is 5.97 Å². The second kappa shape index (κ2) is 6.09. The first-order valence-electron chi connectivity index (χ1n) is 7.77. The minimum Gasteiger partial charge on any atom is -0.479 e. The average Bonchev–Trinajstić information content (AvgIpc) is 3.36. The first-order valence-corrected chi connectivity index (χ1v) is 7.77. The smallest absolute Gasteiger partial charge is 0.337 e. The molecular formula is C17H19N3O4. The number of carbonyl (C=O) groups excluding carboxylic acids is 1. The predicted molar refractivity (Wildman–Crippen MR) is 89.0 cm³/mol. The summed E-state index contributed by atoms with van der Waals surface area (Å²) in [6, 6.07) is 9.06. The molecule has 0 saturated heterocycles. The monoisotopic (exact) mass is 329 g/mol. The fraction of sp³-hybridized carbons (Fsp3) is 0.353. The van der Waals surface area contributed by atoms with E-state index in [9.17, 15) is 14.7 Å². The molecule has 1 aliphatic carbocycles. The minimum atomic E-state index is -1.93. The molecule has 1 amide bonds. The molecule has 1 unspecified atom stereocenters. The number of benzene rings is 1. The zero-order valence-corrected chi connectivity index (χ0v) is 13.2. The molecule has 1 aliphatic rings. The number of fused-ring (bicyclic) bond motifs is 1. The van der Waals surface area contributed by atoms with Gasteiger partial charge in [-0.2, -0.15) is 0 Å². The van der Waals surface area contributed by atoms with Crippen LogP contribution in [0.4, 0.5) is 5.82 Å². The first kappa shape index (κ1) is 16.2. The van der Waals surface area contributed by atoms with Crippen LogP contribution < -0.4 is 10.6 Å². The number of rotatable bonds is 6. The molecule has 2 aromatic rings. The van der Waals surface area contributed by atoms with Crippen LogP contribution in [0.2, 0.25) is 0 Å². The number of hydrogen-bond acceptors (Lipinski definition) is 5. The van der Waals surface area contributed by atoms with Crippen molar-refractivity contribution in [2.45, 2.75) is 31.4 Å². The Labute approximate surface area is 138 Å². The van der Waals surface area contributed by atoms with Crippen LogP contribution in [-0.4, -0.2) is 45.3 Å². The fourth-order valence-corrected chi connectivity index (χ4v) is 2.28. The first-order chi connectivity index (χ1) is 11.4. The van der Waals surface area contributed by atoms with Gasteiger partial charge in [-0.25, -0.2) is 9.78 Å². The van der Waals surface area contributed by atoms with Crippen molar-refractivity contribution in [1.82, 2.24) is 10.3 Å². The Morgan fingerprint density at radius 3 is 2.71 bits per heavy atom. The van der Waals surface area contributed by atoms with Crippen LogP contribution >= 0.6 is 0 Å². The number of nitrogens with zero attached hydrogens (tertiary/aromatic N) is 1. The highest BCUT2D eigenvalue weighted by Crippen LogP contribution is 2.24. The number of amides is 1. The number of aliphatic hydroxyl groups is 1. The quantitative estimate of drug-likeness (QED) is 0.637. The van der Waals surface area contributed by atoms with Crippen molar-refractivity contribution < 1.29 is 19.8 Å². The lowest BCUT2D eigenvalue weighted by atomic mass is 10.1. The van der Waals surface area contributed by atoms with E-state index < -0.39 is 11.6 Å². The van der Waals surface area contributed by atoms with E-state index in [4.69, 9.17) is 5.11 Å². The van der Waals surface area contributed by atoms with E-state index in [2.05, 4.69) is 15.6 Å². The Kier molecular flexibility index (Phi) is 4.11. The third-order valence-electron chi connectivity index (χ3n) is 3.95. The van der Waals surface area contributed by atoms with Gasteiger partial charge in [-0.15, -0.1) is 0 Å². The summed E-state index contributed by atoms with van der Waals surface area (Å²) in [6.45, 7) is 0.974. The summed E-state index contributed by atoms with van der Waals surface area (Å²) in [5.74, 6) is -1.16. The minimum absolute atomic E-state index is 0.177. The third kappa shape index (κ3) is 3.46. The van der Waals surface area contributed by atoms with E-state index in [1.807, 2.05) is 18.2 Å². The summed E-state index contributed by atoms with van der Waals surface area (Å²) in [5, 5.41) is 25.2. The molecule has 0 radical (unpaired) electrons. The van der Waals surface area contributed by atoms with Gasteiger partial charge in [-0.3, -0.25) is 4.79 Å². The van der Waals surface area contributed by atoms with Gasteiger partial charge < -0.3 is 20.8 Å². The van der Waals surface area contributed by atoms with Crippen LogP contribution in [0.25, 0.3) is 10.9 Å². The maximum absolute atomic E-state index is 12.5. The van der Waals surface area contributed by atoms with E-state index in [1.165, 1.54) is 6.92 Å². The van der Waals surface area contributed by atoms with Gasteiger partial charge in [0.05, 0.1) is 17.6 Å². The van der Waals surface area contributed by atoms with Gasteiger partial charge in [0.15, 0.2) is 5.60 Å². The molecule has 0 bridgehead atoms. The van der Waals surface area contributed by atoms with E-state index >= 15 is 0 Å². The Balaban J connectivity index is 1.91. The van der Waals surface area contributed by atoms with Gasteiger partial charge in [0.25, 0.3) is 5.91 Å². The number of carboxylic acid groups (broad SMARTS) is 1. The molecule has 0 aliphatic heterocycles. The lowest BCUT2D eigenvalue weighted by molar-refractivity contribution is -0.155. The van der Waals surface area contributed by atoms with E-state index in [1.54, 1.807) is 12.1 Å². The van der Waals surface area contributed by atoms with Crippen molar-refractivity contribution in [1.29, 1.82) is 0 Å². The number of aromatic nitrogens is 1. The molecule has 1 saturated carbocycles. The molecule has 126 valence electrons. The Bertz CT molecular complexity index is 800. The molecule has 24 heavy (non-hydrogen) atoms. The maximum Gasteiger partial charge on any atom is 0.337 e. The van der Waals surface area contributed by atoms with Crippen LogP contribution in [0.15, 0.2) is 30.3 Å². The Morgan fingerprint density at radius 1 is 1.33 bits per heavy atom. The van der Waals surface area contributed by atoms with Crippen LogP contribution in [0.1, 0.15) is 30.1 Å². The second-order valence-corrected chi connectivity index (χ2v) is 6.25. The summed E-state index contributed by atoms with van der Waals surface area (Å²) >= 11 is 0. The molecule has 1 aromatic heterocycles. The summed E-state index contributed by atoms with van der Waals surface area (Å²) in [4.78, 5) is 27.8. The zero-order valence-electron chi connectivity index (χ0n) is 13.2. The molecule has 0 spiro atoms. The molecular weight excluding hydrogens is 310 g/mol. The lowest BCUT2D eigenvalue weighted by Crippen LogP contribution is -2.42. The molecule has 4 N–H and O–H groups in total. The Morgan fingerprint density at radius 2 is 2.04 bits per heavy atom. The summed E-state index contributed by atoms with van der Waals surface area (Å²) < 4.78 is 0. The van der Waals surface area contributed by atoms with Crippen molar-refractivity contribution in [3.05, 3.63) is 35.9 Å². The summed E-state index contributed by atoms with van der Waals surface area (Å²) in [5.41, 5.74) is -0.826. The van der Waals surface area contributed by atoms with Crippen molar-refractivity contribution in [2.24, 2.45) is 0 Å². The number of nitrogens with one attached hydrogen (secondary N) is 2. The number of para-hydroxylation sites is 1. The largest absolute Gasteiger partial charge is 0.479 e. The van der Waals surface area contributed by atoms with E-state index in [0.29, 0.717) is 16.9 Å². The highest BCUT2D eigenvalue weighted by Gasteiger charge is 2.30. The standard InChI is InChI=1S/C17H19N3O4/c1-17(24,16(22)23)9-18-14-8-12(15(21)19-10-6-7-10)11-4-2-3-5-13(11)20-14/h2-5,8,10,24H,6-7,9H2,1H3,(H,18,20)(H,19,21)(H,22,23). The zero-order chi connectivity index (χ0) is 17.3. The molecule has 1 atom stereocenters. The van der Waals surface area contributed by atoms with Gasteiger partial charge in [-0.1, -0.05) is 18.2 Å². The lowest BCUT2D eigenvalue weighted by Gasteiger charge is -2.19. The van der Waals surface area contributed by atoms with Crippen molar-refractivity contribution >= 4 is 28.6 Å². The molecule has 1 fully saturated rings.